The van der Waals surface area contributed by atoms with Crippen LogP contribution in [0.2, 0.25) is 0 Å². The number of fused-ring (bicyclic) bond motifs is 1. The van der Waals surface area contributed by atoms with Gasteiger partial charge >= 0.3 is 0 Å². The largest absolute Gasteiger partial charge is 0.507 e. The third kappa shape index (κ3) is 1.77. The summed E-state index contributed by atoms with van der Waals surface area (Å²) in [5.41, 5.74) is 1.19. The lowest BCUT2D eigenvalue weighted by molar-refractivity contribution is 0.0778. The van der Waals surface area contributed by atoms with Crippen LogP contribution in [0.15, 0.2) is 18.2 Å². The van der Waals surface area contributed by atoms with Crippen LogP contribution >= 0.6 is 0 Å². The fourth-order valence-corrected chi connectivity index (χ4v) is 3.02. The van der Waals surface area contributed by atoms with E-state index in [1.165, 1.54) is 0 Å². The zero-order chi connectivity index (χ0) is 12.7. The van der Waals surface area contributed by atoms with E-state index in [0.29, 0.717) is 17.4 Å². The number of para-hydroxylation sites is 1. The van der Waals surface area contributed by atoms with E-state index in [0.717, 1.165) is 31.7 Å². The Labute approximate surface area is 107 Å². The summed E-state index contributed by atoms with van der Waals surface area (Å²) in [5, 5.41) is 13.3. The Morgan fingerprint density at radius 3 is 2.67 bits per heavy atom. The van der Waals surface area contributed by atoms with E-state index in [2.05, 4.69) is 5.32 Å². The number of carbonyl (C=O) groups is 1. The average Bonchev–Trinajstić information content (AvgIpc) is 2.92. The first-order valence-corrected chi connectivity index (χ1v) is 6.45. The fraction of sp³-hybridized carbons (Fsp3) is 0.500. The van der Waals surface area contributed by atoms with Crippen molar-refractivity contribution < 1.29 is 9.90 Å². The van der Waals surface area contributed by atoms with Crippen molar-refractivity contribution in [1.82, 2.24) is 10.2 Å². The average molecular weight is 246 g/mol. The number of rotatable bonds is 1. The molecule has 2 aliphatic heterocycles. The third-order valence-electron chi connectivity index (χ3n) is 4.14. The predicted molar refractivity (Wildman–Crippen MR) is 68.6 cm³/mol. The Hall–Kier alpha value is -1.55. The maximum atomic E-state index is 12.4. The molecule has 0 aromatic heterocycles. The molecule has 1 aromatic rings. The Morgan fingerprint density at radius 2 is 2.00 bits per heavy atom. The number of hydrogen-bond donors (Lipinski definition) is 2. The molecule has 2 atom stereocenters. The normalized spacial score (nSPS) is 26.4. The van der Waals surface area contributed by atoms with Crippen LogP contribution in [0.5, 0.6) is 5.75 Å². The van der Waals surface area contributed by atoms with Gasteiger partial charge in [-0.25, -0.2) is 0 Å². The number of nitrogens with one attached hydrogen (secondary N) is 1. The summed E-state index contributed by atoms with van der Waals surface area (Å²) in [6, 6.07) is 5.34. The minimum Gasteiger partial charge on any atom is -0.507 e. The van der Waals surface area contributed by atoms with E-state index in [1.807, 2.05) is 24.0 Å². The lowest BCUT2D eigenvalue weighted by Gasteiger charge is -2.18. The molecule has 0 bridgehead atoms. The number of likely N-dealkylation sites (tertiary alicyclic amines) is 1. The number of hydrogen-bond acceptors (Lipinski definition) is 3. The topological polar surface area (TPSA) is 52.6 Å². The van der Waals surface area contributed by atoms with Crippen LogP contribution in [-0.4, -0.2) is 42.1 Å². The van der Waals surface area contributed by atoms with E-state index in [9.17, 15) is 9.90 Å². The lowest BCUT2D eigenvalue weighted by atomic mass is 10.0. The van der Waals surface area contributed by atoms with Crippen LogP contribution in [0.1, 0.15) is 15.9 Å². The summed E-state index contributed by atoms with van der Waals surface area (Å²) in [5.74, 6) is 1.25. The quantitative estimate of drug-likeness (QED) is 0.777. The summed E-state index contributed by atoms with van der Waals surface area (Å²) in [7, 11) is 0. The molecule has 1 amide bonds. The molecule has 2 unspecified atom stereocenters. The first-order chi connectivity index (χ1) is 8.66. The van der Waals surface area contributed by atoms with Crippen LogP contribution in [0, 0.1) is 18.8 Å². The highest BCUT2D eigenvalue weighted by atomic mass is 16.3. The second kappa shape index (κ2) is 4.28. The van der Waals surface area contributed by atoms with Crippen LogP contribution in [0.4, 0.5) is 0 Å². The Bertz CT molecular complexity index is 475. The highest BCUT2D eigenvalue weighted by Crippen LogP contribution is 2.30. The van der Waals surface area contributed by atoms with Gasteiger partial charge < -0.3 is 15.3 Å². The van der Waals surface area contributed by atoms with Crippen molar-refractivity contribution >= 4 is 5.91 Å². The van der Waals surface area contributed by atoms with Gasteiger partial charge in [0.15, 0.2) is 0 Å². The number of carbonyl (C=O) groups excluding carboxylic acids is 1. The van der Waals surface area contributed by atoms with Crippen molar-refractivity contribution in [3.05, 3.63) is 29.3 Å². The molecular weight excluding hydrogens is 228 g/mol. The monoisotopic (exact) mass is 246 g/mol. The summed E-state index contributed by atoms with van der Waals surface area (Å²) >= 11 is 0. The fourth-order valence-electron chi connectivity index (χ4n) is 3.02. The molecule has 18 heavy (non-hydrogen) atoms. The maximum absolute atomic E-state index is 12.4. The second-order valence-electron chi connectivity index (χ2n) is 5.36. The zero-order valence-corrected chi connectivity index (χ0v) is 10.5. The molecule has 0 aliphatic carbocycles. The minimum atomic E-state index is -0.0365. The summed E-state index contributed by atoms with van der Waals surface area (Å²) in [4.78, 5) is 14.3. The summed E-state index contributed by atoms with van der Waals surface area (Å²) in [6.45, 7) is 5.45. The van der Waals surface area contributed by atoms with Gasteiger partial charge in [-0.2, -0.15) is 0 Å². The lowest BCUT2D eigenvalue weighted by Crippen LogP contribution is -2.31. The Morgan fingerprint density at radius 1 is 1.33 bits per heavy atom. The van der Waals surface area contributed by atoms with Crippen molar-refractivity contribution in [2.75, 3.05) is 26.2 Å². The van der Waals surface area contributed by atoms with Crippen molar-refractivity contribution in [2.24, 2.45) is 11.8 Å². The highest BCUT2D eigenvalue weighted by Gasteiger charge is 2.38. The maximum Gasteiger partial charge on any atom is 0.257 e. The summed E-state index contributed by atoms with van der Waals surface area (Å²) < 4.78 is 0. The minimum absolute atomic E-state index is 0.0365. The van der Waals surface area contributed by atoms with Gasteiger partial charge in [0.05, 0.1) is 5.56 Å². The molecule has 0 saturated carbocycles. The van der Waals surface area contributed by atoms with Gasteiger partial charge in [-0.15, -0.1) is 0 Å². The zero-order valence-electron chi connectivity index (χ0n) is 10.5. The Kier molecular flexibility index (Phi) is 2.74. The molecule has 4 nitrogen and oxygen atoms in total. The van der Waals surface area contributed by atoms with E-state index in [-0.39, 0.29) is 11.7 Å². The van der Waals surface area contributed by atoms with E-state index < -0.39 is 0 Å². The number of benzene rings is 1. The standard InChI is InChI=1S/C14H18N2O2/c1-9-3-2-4-12(13(9)17)14(18)16-7-10-5-15-6-11(10)8-16/h2-4,10-11,15,17H,5-8H2,1H3. The number of aryl methyl sites for hydroxylation is 1. The van der Waals surface area contributed by atoms with Gasteiger partial charge in [-0.3, -0.25) is 4.79 Å². The first-order valence-electron chi connectivity index (χ1n) is 6.45. The van der Waals surface area contributed by atoms with Crippen LogP contribution in [0.25, 0.3) is 0 Å². The second-order valence-corrected chi connectivity index (χ2v) is 5.36. The molecule has 0 spiro atoms. The van der Waals surface area contributed by atoms with E-state index >= 15 is 0 Å². The number of nitrogens with zero attached hydrogens (tertiary/aromatic N) is 1. The van der Waals surface area contributed by atoms with E-state index in [1.54, 1.807) is 6.07 Å². The molecule has 96 valence electrons. The van der Waals surface area contributed by atoms with Crippen LogP contribution < -0.4 is 5.32 Å². The number of phenols is 1. The van der Waals surface area contributed by atoms with Gasteiger partial charge in [-0.1, -0.05) is 12.1 Å². The number of aromatic hydroxyl groups is 1. The van der Waals surface area contributed by atoms with Crippen molar-refractivity contribution in [3.8, 4) is 5.75 Å². The first kappa shape index (κ1) is 11.5. The smallest absolute Gasteiger partial charge is 0.257 e. The molecule has 2 N–H and O–H groups in total. The highest BCUT2D eigenvalue weighted by molar-refractivity contribution is 5.97. The van der Waals surface area contributed by atoms with Gasteiger partial charge in [0, 0.05) is 26.2 Å². The van der Waals surface area contributed by atoms with Crippen LogP contribution in [0.3, 0.4) is 0 Å². The van der Waals surface area contributed by atoms with Crippen molar-refractivity contribution in [2.45, 2.75) is 6.92 Å². The molecular formula is C14H18N2O2. The van der Waals surface area contributed by atoms with Crippen LogP contribution in [-0.2, 0) is 0 Å². The predicted octanol–water partition coefficient (Wildman–Crippen LogP) is 0.992. The molecule has 2 heterocycles. The van der Waals surface area contributed by atoms with Gasteiger partial charge in [-0.05, 0) is 30.4 Å². The Balaban J connectivity index is 1.81. The molecule has 2 aliphatic rings. The molecule has 1 aromatic carbocycles. The molecule has 2 saturated heterocycles. The van der Waals surface area contributed by atoms with Gasteiger partial charge in [0.1, 0.15) is 5.75 Å². The number of phenolic OH excluding ortho intramolecular Hbond substituents is 1. The SMILES string of the molecule is Cc1cccc(C(=O)N2CC3CNCC3C2)c1O. The molecule has 3 rings (SSSR count). The van der Waals surface area contributed by atoms with E-state index in [4.69, 9.17) is 0 Å². The van der Waals surface area contributed by atoms with Crippen molar-refractivity contribution in [1.29, 1.82) is 0 Å². The number of amides is 1. The molecule has 4 heteroatoms. The van der Waals surface area contributed by atoms with Crippen molar-refractivity contribution in [3.63, 3.8) is 0 Å². The van der Waals surface area contributed by atoms with Gasteiger partial charge in [0.25, 0.3) is 5.91 Å². The molecule has 2 fully saturated rings. The third-order valence-corrected chi connectivity index (χ3v) is 4.14. The molecule has 0 radical (unpaired) electrons. The van der Waals surface area contributed by atoms with Gasteiger partial charge in [0.2, 0.25) is 0 Å². The summed E-state index contributed by atoms with van der Waals surface area (Å²) in [6.07, 6.45) is 0.